The second kappa shape index (κ2) is 5.84. The largest absolute Gasteiger partial charge is 0.388 e. The second-order valence-electron chi connectivity index (χ2n) is 6.59. The van der Waals surface area contributed by atoms with Gasteiger partial charge in [0.2, 0.25) is 0 Å². The lowest BCUT2D eigenvalue weighted by Crippen LogP contribution is -2.60. The van der Waals surface area contributed by atoms with Gasteiger partial charge in [-0.1, -0.05) is 30.3 Å². The summed E-state index contributed by atoms with van der Waals surface area (Å²) in [4.78, 5) is 4.99. The minimum absolute atomic E-state index is 0.294. The van der Waals surface area contributed by atoms with E-state index in [1.54, 1.807) is 0 Å². The maximum atomic E-state index is 10.7. The van der Waals surface area contributed by atoms with E-state index in [-0.39, 0.29) is 0 Å². The predicted octanol–water partition coefficient (Wildman–Crippen LogP) is 2.11. The monoisotopic (exact) mass is 274 g/mol. The molecular formula is C17H26N2O. The highest BCUT2D eigenvalue weighted by atomic mass is 16.3. The Kier molecular flexibility index (Phi) is 4.11. The molecule has 0 amide bonds. The van der Waals surface area contributed by atoms with Crippen LogP contribution in [0.15, 0.2) is 30.3 Å². The molecule has 2 saturated heterocycles. The number of benzene rings is 1. The Morgan fingerprint density at radius 3 is 2.55 bits per heavy atom. The van der Waals surface area contributed by atoms with Crippen LogP contribution in [-0.2, 0) is 6.54 Å². The first kappa shape index (κ1) is 14.1. The van der Waals surface area contributed by atoms with Crippen molar-refractivity contribution in [2.75, 3.05) is 26.2 Å². The molecule has 2 fully saturated rings. The highest BCUT2D eigenvalue weighted by Crippen LogP contribution is 2.29. The average molecular weight is 274 g/mol. The summed E-state index contributed by atoms with van der Waals surface area (Å²) in [5, 5.41) is 10.7. The molecule has 1 aromatic rings. The molecule has 3 rings (SSSR count). The number of piperidine rings is 1. The zero-order chi connectivity index (χ0) is 14.0. The Balaban J connectivity index is 1.66. The van der Waals surface area contributed by atoms with E-state index in [9.17, 15) is 5.11 Å². The second-order valence-corrected chi connectivity index (χ2v) is 6.59. The van der Waals surface area contributed by atoms with Crippen molar-refractivity contribution >= 4 is 0 Å². The van der Waals surface area contributed by atoms with Crippen LogP contribution < -0.4 is 0 Å². The number of aliphatic hydroxyl groups is 1. The number of hydrogen-bond donors (Lipinski definition) is 1. The first-order valence-electron chi connectivity index (χ1n) is 7.88. The summed E-state index contributed by atoms with van der Waals surface area (Å²) in [5.41, 5.74) is 0.839. The van der Waals surface area contributed by atoms with E-state index in [0.717, 1.165) is 39.1 Å². The summed E-state index contributed by atoms with van der Waals surface area (Å²) in [7, 11) is 0. The van der Waals surface area contributed by atoms with Crippen LogP contribution in [0.4, 0.5) is 0 Å². The van der Waals surface area contributed by atoms with Crippen LogP contribution in [0.3, 0.4) is 0 Å². The zero-order valence-electron chi connectivity index (χ0n) is 12.5. The maximum absolute atomic E-state index is 10.7. The zero-order valence-corrected chi connectivity index (χ0v) is 12.5. The lowest BCUT2D eigenvalue weighted by atomic mass is 9.87. The van der Waals surface area contributed by atoms with E-state index in [0.29, 0.717) is 6.04 Å². The molecule has 3 heteroatoms. The van der Waals surface area contributed by atoms with E-state index in [2.05, 4.69) is 40.1 Å². The van der Waals surface area contributed by atoms with Crippen molar-refractivity contribution in [3.8, 4) is 0 Å². The SMILES string of the molecule is C[C@@]1(O)CCN(Cc2ccccc2)C[C@H]1N1CCCC1. The molecule has 0 saturated carbocycles. The van der Waals surface area contributed by atoms with Gasteiger partial charge < -0.3 is 5.11 Å². The standard InChI is InChI=1S/C17H26N2O/c1-17(20)9-12-18(13-15-7-3-2-4-8-15)14-16(17)19-10-5-6-11-19/h2-4,7-8,16,20H,5-6,9-14H2,1H3/t16-,17-/m1/s1. The fraction of sp³-hybridized carbons (Fsp3) is 0.647. The Morgan fingerprint density at radius 2 is 1.85 bits per heavy atom. The molecule has 3 nitrogen and oxygen atoms in total. The van der Waals surface area contributed by atoms with Gasteiger partial charge in [0, 0.05) is 19.6 Å². The minimum atomic E-state index is -0.530. The molecule has 2 atom stereocenters. The third-order valence-electron chi connectivity index (χ3n) is 4.91. The molecule has 0 aliphatic carbocycles. The van der Waals surface area contributed by atoms with Gasteiger partial charge >= 0.3 is 0 Å². The fourth-order valence-electron chi connectivity index (χ4n) is 3.63. The van der Waals surface area contributed by atoms with E-state index in [1.165, 1.54) is 18.4 Å². The molecule has 2 aliphatic heterocycles. The normalized spacial score (nSPS) is 32.6. The van der Waals surface area contributed by atoms with Gasteiger partial charge in [-0.15, -0.1) is 0 Å². The quantitative estimate of drug-likeness (QED) is 0.914. The molecule has 0 aromatic heterocycles. The Bertz CT molecular complexity index is 426. The fourth-order valence-corrected chi connectivity index (χ4v) is 3.63. The van der Waals surface area contributed by atoms with Crippen LogP contribution in [0.25, 0.3) is 0 Å². The van der Waals surface area contributed by atoms with E-state index < -0.39 is 5.60 Å². The van der Waals surface area contributed by atoms with Crippen molar-refractivity contribution in [2.24, 2.45) is 0 Å². The summed E-state index contributed by atoms with van der Waals surface area (Å²) >= 11 is 0. The minimum Gasteiger partial charge on any atom is -0.388 e. The topological polar surface area (TPSA) is 26.7 Å². The molecule has 0 spiro atoms. The molecule has 2 aliphatic rings. The van der Waals surface area contributed by atoms with Crippen molar-refractivity contribution < 1.29 is 5.11 Å². The van der Waals surface area contributed by atoms with E-state index in [1.807, 2.05) is 6.92 Å². The van der Waals surface area contributed by atoms with Crippen LogP contribution in [0, 0.1) is 0 Å². The summed E-state index contributed by atoms with van der Waals surface area (Å²) < 4.78 is 0. The van der Waals surface area contributed by atoms with Crippen molar-refractivity contribution in [1.82, 2.24) is 9.80 Å². The molecular weight excluding hydrogens is 248 g/mol. The molecule has 2 heterocycles. The van der Waals surface area contributed by atoms with Gasteiger partial charge in [-0.05, 0) is 44.8 Å². The molecule has 0 radical (unpaired) electrons. The average Bonchev–Trinajstić information content (AvgIpc) is 2.96. The Labute approximate surface area is 122 Å². The number of likely N-dealkylation sites (tertiary alicyclic amines) is 2. The molecule has 110 valence electrons. The van der Waals surface area contributed by atoms with Crippen LogP contribution in [0.5, 0.6) is 0 Å². The van der Waals surface area contributed by atoms with Crippen LogP contribution in [-0.4, -0.2) is 52.7 Å². The Morgan fingerprint density at radius 1 is 1.15 bits per heavy atom. The van der Waals surface area contributed by atoms with Gasteiger partial charge in [-0.3, -0.25) is 9.80 Å². The highest BCUT2D eigenvalue weighted by Gasteiger charge is 2.41. The number of hydrogen-bond acceptors (Lipinski definition) is 3. The van der Waals surface area contributed by atoms with Gasteiger partial charge in [0.25, 0.3) is 0 Å². The number of nitrogens with zero attached hydrogens (tertiary/aromatic N) is 2. The van der Waals surface area contributed by atoms with Crippen LogP contribution >= 0.6 is 0 Å². The molecule has 0 unspecified atom stereocenters. The van der Waals surface area contributed by atoms with Gasteiger partial charge in [0.1, 0.15) is 0 Å². The highest BCUT2D eigenvalue weighted by molar-refractivity contribution is 5.15. The smallest absolute Gasteiger partial charge is 0.0798 e. The van der Waals surface area contributed by atoms with E-state index >= 15 is 0 Å². The van der Waals surface area contributed by atoms with Crippen molar-refractivity contribution in [3.63, 3.8) is 0 Å². The lowest BCUT2D eigenvalue weighted by Gasteiger charge is -2.46. The summed E-state index contributed by atoms with van der Waals surface area (Å²) in [6.45, 7) is 7.31. The lowest BCUT2D eigenvalue weighted by molar-refractivity contribution is -0.0776. The molecule has 1 N–H and O–H groups in total. The summed E-state index contributed by atoms with van der Waals surface area (Å²) in [5.74, 6) is 0. The van der Waals surface area contributed by atoms with Gasteiger partial charge in [0.15, 0.2) is 0 Å². The number of rotatable bonds is 3. The van der Waals surface area contributed by atoms with Crippen LogP contribution in [0.2, 0.25) is 0 Å². The van der Waals surface area contributed by atoms with Crippen molar-refractivity contribution in [3.05, 3.63) is 35.9 Å². The van der Waals surface area contributed by atoms with Crippen molar-refractivity contribution in [2.45, 2.75) is 44.4 Å². The van der Waals surface area contributed by atoms with Crippen LogP contribution in [0.1, 0.15) is 31.7 Å². The summed E-state index contributed by atoms with van der Waals surface area (Å²) in [6.07, 6.45) is 3.44. The molecule has 1 aromatic carbocycles. The van der Waals surface area contributed by atoms with Crippen molar-refractivity contribution in [1.29, 1.82) is 0 Å². The van der Waals surface area contributed by atoms with Gasteiger partial charge in [-0.2, -0.15) is 0 Å². The molecule has 20 heavy (non-hydrogen) atoms. The maximum Gasteiger partial charge on any atom is 0.0798 e. The molecule has 0 bridgehead atoms. The van der Waals surface area contributed by atoms with Gasteiger partial charge in [-0.25, -0.2) is 0 Å². The first-order valence-corrected chi connectivity index (χ1v) is 7.88. The third-order valence-corrected chi connectivity index (χ3v) is 4.91. The predicted molar refractivity (Wildman–Crippen MR) is 81.6 cm³/mol. The van der Waals surface area contributed by atoms with E-state index in [4.69, 9.17) is 0 Å². The van der Waals surface area contributed by atoms with Gasteiger partial charge in [0.05, 0.1) is 11.6 Å². The third kappa shape index (κ3) is 3.05. The first-order chi connectivity index (χ1) is 9.65. The Hall–Kier alpha value is -0.900. The summed E-state index contributed by atoms with van der Waals surface area (Å²) in [6, 6.07) is 11.0.